The number of carbonyl (C=O) groups excluding carboxylic acids is 1. The Kier molecular flexibility index (Phi) is 16.5. The third-order valence-corrected chi connectivity index (χ3v) is 4.60. The molecule has 6 nitrogen and oxygen atoms in total. The summed E-state index contributed by atoms with van der Waals surface area (Å²) < 4.78 is 0.894. The van der Waals surface area contributed by atoms with Crippen molar-refractivity contribution in [3.05, 3.63) is 34.3 Å². The fourth-order valence-electron chi connectivity index (χ4n) is 2.71. The minimum atomic E-state index is -0.0664. The van der Waals surface area contributed by atoms with Crippen LogP contribution in [0.1, 0.15) is 49.9 Å². The SMILES string of the molecule is CCCC(CCO)CN=C(NCC)NCCCNC(=O)c1cccc(Br)c1.I. The Balaban J connectivity index is 0.00000729. The number of guanidine groups is 1. The molecule has 160 valence electrons. The van der Waals surface area contributed by atoms with Crippen LogP contribution in [-0.2, 0) is 0 Å². The normalized spacial score (nSPS) is 12.1. The van der Waals surface area contributed by atoms with E-state index >= 15 is 0 Å². The summed E-state index contributed by atoms with van der Waals surface area (Å²) >= 11 is 3.37. The van der Waals surface area contributed by atoms with Crippen LogP contribution in [0.2, 0.25) is 0 Å². The van der Waals surface area contributed by atoms with Gasteiger partial charge in [-0.3, -0.25) is 9.79 Å². The number of hydrogen-bond acceptors (Lipinski definition) is 3. The van der Waals surface area contributed by atoms with E-state index in [1.165, 1.54) is 0 Å². The van der Waals surface area contributed by atoms with Crippen molar-refractivity contribution < 1.29 is 9.90 Å². The number of halogens is 2. The van der Waals surface area contributed by atoms with Crippen LogP contribution in [-0.4, -0.2) is 49.8 Å². The Morgan fingerprint density at radius 1 is 1.18 bits per heavy atom. The summed E-state index contributed by atoms with van der Waals surface area (Å²) in [7, 11) is 0. The number of carbonyl (C=O) groups is 1. The lowest BCUT2D eigenvalue weighted by atomic mass is 10.0. The van der Waals surface area contributed by atoms with Gasteiger partial charge in [0.2, 0.25) is 0 Å². The Bertz CT molecular complexity index is 581. The molecule has 4 N–H and O–H groups in total. The van der Waals surface area contributed by atoms with E-state index in [1.807, 2.05) is 25.1 Å². The standard InChI is InChI=1S/C20H33BrN4O2.HI/c1-3-7-16(10-13-26)15-25-20(22-4-2)24-12-6-11-23-19(27)17-8-5-9-18(21)14-17;/h5,8-9,14,16,26H,3-4,6-7,10-13,15H2,1-2H3,(H,23,27)(H2,22,24,25);1H. The van der Waals surface area contributed by atoms with Crippen molar-refractivity contribution in [1.82, 2.24) is 16.0 Å². The van der Waals surface area contributed by atoms with Gasteiger partial charge in [-0.05, 0) is 50.3 Å². The Morgan fingerprint density at radius 3 is 2.57 bits per heavy atom. The van der Waals surface area contributed by atoms with Crippen LogP contribution < -0.4 is 16.0 Å². The van der Waals surface area contributed by atoms with Gasteiger partial charge in [-0.15, -0.1) is 24.0 Å². The molecule has 1 atom stereocenters. The van der Waals surface area contributed by atoms with E-state index in [-0.39, 0.29) is 36.5 Å². The third-order valence-electron chi connectivity index (χ3n) is 4.10. The minimum absolute atomic E-state index is 0. The van der Waals surface area contributed by atoms with E-state index in [4.69, 9.17) is 5.11 Å². The second kappa shape index (κ2) is 17.0. The van der Waals surface area contributed by atoms with Crippen LogP contribution in [0.3, 0.4) is 0 Å². The largest absolute Gasteiger partial charge is 0.396 e. The topological polar surface area (TPSA) is 85.8 Å². The zero-order valence-corrected chi connectivity index (χ0v) is 20.8. The second-order valence-corrected chi connectivity index (χ2v) is 7.35. The van der Waals surface area contributed by atoms with Crippen LogP contribution >= 0.6 is 39.9 Å². The van der Waals surface area contributed by atoms with Gasteiger partial charge in [0.1, 0.15) is 0 Å². The van der Waals surface area contributed by atoms with Crippen LogP contribution in [0.15, 0.2) is 33.7 Å². The van der Waals surface area contributed by atoms with Crippen LogP contribution in [0, 0.1) is 5.92 Å². The van der Waals surface area contributed by atoms with E-state index in [1.54, 1.807) is 6.07 Å². The van der Waals surface area contributed by atoms with Gasteiger partial charge in [0, 0.05) is 42.8 Å². The molecule has 1 rings (SSSR count). The molecular weight excluding hydrogens is 535 g/mol. The molecule has 0 aliphatic carbocycles. The summed E-state index contributed by atoms with van der Waals surface area (Å²) in [6.45, 7) is 7.23. The maximum absolute atomic E-state index is 12.1. The van der Waals surface area contributed by atoms with E-state index < -0.39 is 0 Å². The number of nitrogens with zero attached hydrogens (tertiary/aromatic N) is 1. The lowest BCUT2D eigenvalue weighted by molar-refractivity contribution is 0.0953. The number of aliphatic hydroxyl groups excluding tert-OH is 1. The second-order valence-electron chi connectivity index (χ2n) is 6.43. The molecule has 0 aromatic heterocycles. The number of rotatable bonds is 12. The van der Waals surface area contributed by atoms with Crippen molar-refractivity contribution in [2.24, 2.45) is 10.9 Å². The fourth-order valence-corrected chi connectivity index (χ4v) is 3.11. The van der Waals surface area contributed by atoms with Crippen molar-refractivity contribution in [3.8, 4) is 0 Å². The van der Waals surface area contributed by atoms with Crippen molar-refractivity contribution in [2.45, 2.75) is 39.5 Å². The Labute approximate surface area is 194 Å². The summed E-state index contributed by atoms with van der Waals surface area (Å²) in [6.07, 6.45) is 3.77. The molecule has 1 amide bonds. The number of hydrogen-bond donors (Lipinski definition) is 4. The number of amides is 1. The molecule has 1 aromatic carbocycles. The molecule has 0 radical (unpaired) electrons. The van der Waals surface area contributed by atoms with Gasteiger partial charge in [0.25, 0.3) is 5.91 Å². The molecule has 0 heterocycles. The van der Waals surface area contributed by atoms with Gasteiger partial charge in [-0.25, -0.2) is 0 Å². The molecule has 0 spiro atoms. The number of aliphatic imine (C=N–C) groups is 1. The lowest BCUT2D eigenvalue weighted by Crippen LogP contribution is -2.39. The first-order valence-electron chi connectivity index (χ1n) is 9.77. The third kappa shape index (κ3) is 11.9. The monoisotopic (exact) mass is 568 g/mol. The number of nitrogens with one attached hydrogen (secondary N) is 3. The fraction of sp³-hybridized carbons (Fsp3) is 0.600. The Morgan fingerprint density at radius 2 is 1.93 bits per heavy atom. The van der Waals surface area contributed by atoms with Gasteiger partial charge >= 0.3 is 0 Å². The van der Waals surface area contributed by atoms with Crippen LogP contribution in [0.5, 0.6) is 0 Å². The molecule has 0 saturated carbocycles. The van der Waals surface area contributed by atoms with Crippen molar-refractivity contribution >= 4 is 51.8 Å². The highest BCUT2D eigenvalue weighted by molar-refractivity contribution is 14.0. The molecule has 0 aliphatic rings. The summed E-state index contributed by atoms with van der Waals surface area (Å²) in [5, 5.41) is 18.6. The van der Waals surface area contributed by atoms with Crippen molar-refractivity contribution in [1.29, 1.82) is 0 Å². The zero-order chi connectivity index (χ0) is 19.9. The van der Waals surface area contributed by atoms with E-state index in [0.717, 1.165) is 49.2 Å². The molecule has 1 aromatic rings. The van der Waals surface area contributed by atoms with Crippen LogP contribution in [0.4, 0.5) is 0 Å². The molecule has 28 heavy (non-hydrogen) atoms. The van der Waals surface area contributed by atoms with E-state index in [9.17, 15) is 4.79 Å². The highest BCUT2D eigenvalue weighted by atomic mass is 127. The number of aliphatic hydroxyl groups is 1. The molecule has 1 unspecified atom stereocenters. The van der Waals surface area contributed by atoms with E-state index in [2.05, 4.69) is 43.8 Å². The van der Waals surface area contributed by atoms with Gasteiger partial charge in [-0.2, -0.15) is 0 Å². The van der Waals surface area contributed by atoms with E-state index in [0.29, 0.717) is 24.6 Å². The highest BCUT2D eigenvalue weighted by Gasteiger charge is 2.08. The zero-order valence-electron chi connectivity index (χ0n) is 16.8. The highest BCUT2D eigenvalue weighted by Crippen LogP contribution is 2.12. The summed E-state index contributed by atoms with van der Waals surface area (Å²) in [5.41, 5.74) is 0.651. The quantitative estimate of drug-likeness (QED) is 0.134. The molecule has 0 aliphatic heterocycles. The van der Waals surface area contributed by atoms with Crippen LogP contribution in [0.25, 0.3) is 0 Å². The molecule has 0 saturated heterocycles. The smallest absolute Gasteiger partial charge is 0.251 e. The summed E-state index contributed by atoms with van der Waals surface area (Å²) in [4.78, 5) is 16.7. The predicted molar refractivity (Wildman–Crippen MR) is 131 cm³/mol. The molecule has 0 bridgehead atoms. The molecule has 8 heteroatoms. The minimum Gasteiger partial charge on any atom is -0.396 e. The first-order chi connectivity index (χ1) is 13.1. The molecule has 0 fully saturated rings. The first kappa shape index (κ1) is 27.1. The maximum atomic E-state index is 12.1. The summed E-state index contributed by atoms with van der Waals surface area (Å²) in [5.74, 6) is 1.14. The maximum Gasteiger partial charge on any atom is 0.251 e. The lowest BCUT2D eigenvalue weighted by Gasteiger charge is -2.15. The van der Waals surface area contributed by atoms with Gasteiger partial charge in [-0.1, -0.05) is 35.3 Å². The average molecular weight is 569 g/mol. The van der Waals surface area contributed by atoms with Crippen molar-refractivity contribution in [2.75, 3.05) is 32.8 Å². The Hall–Kier alpha value is -0.870. The predicted octanol–water partition coefficient (Wildman–Crippen LogP) is 3.54. The number of benzene rings is 1. The first-order valence-corrected chi connectivity index (χ1v) is 10.6. The average Bonchev–Trinajstić information content (AvgIpc) is 2.65. The van der Waals surface area contributed by atoms with Gasteiger partial charge in [0.15, 0.2) is 5.96 Å². The van der Waals surface area contributed by atoms with Crippen molar-refractivity contribution in [3.63, 3.8) is 0 Å². The van der Waals surface area contributed by atoms with Gasteiger partial charge < -0.3 is 21.1 Å². The molecular formula is C20H34BrIN4O2. The van der Waals surface area contributed by atoms with Gasteiger partial charge in [0.05, 0.1) is 0 Å². The summed E-state index contributed by atoms with van der Waals surface area (Å²) in [6, 6.07) is 7.35.